The van der Waals surface area contributed by atoms with Gasteiger partial charge in [0, 0.05) is 37.4 Å². The van der Waals surface area contributed by atoms with Crippen molar-refractivity contribution in [3.63, 3.8) is 0 Å². The average Bonchev–Trinajstić information content (AvgIpc) is 3.07. The minimum absolute atomic E-state index is 0.0415. The van der Waals surface area contributed by atoms with Gasteiger partial charge in [0.05, 0.1) is 12.8 Å². The van der Waals surface area contributed by atoms with Gasteiger partial charge in [-0.3, -0.25) is 14.4 Å². The molecule has 0 aliphatic carbocycles. The Morgan fingerprint density at radius 2 is 1.63 bits per heavy atom. The Kier molecular flexibility index (Phi) is 4.62. The zero-order chi connectivity index (χ0) is 18.8. The fourth-order valence-electron chi connectivity index (χ4n) is 3.59. The molecule has 0 radical (unpaired) electrons. The number of carbonyl (C=O) groups excluding carboxylic acids is 3. The average molecular weight is 363 g/mol. The standard InChI is InChI=1S/C21H21N3O3/c25-19-14-17-13-16(6-7-18(17)22-19)21(27)24-10-8-23(9-11-24)20(26)12-15-4-2-1-3-5-15/h1-7,13H,8-12,14H2,(H,22,25). The molecule has 1 N–H and O–H groups in total. The molecular formula is C21H21N3O3. The molecule has 1 saturated heterocycles. The fraction of sp³-hybridized carbons (Fsp3) is 0.286. The van der Waals surface area contributed by atoms with Crippen molar-refractivity contribution >= 4 is 23.4 Å². The van der Waals surface area contributed by atoms with E-state index in [4.69, 9.17) is 0 Å². The van der Waals surface area contributed by atoms with Crippen LogP contribution in [0.2, 0.25) is 0 Å². The predicted molar refractivity (Wildman–Crippen MR) is 101 cm³/mol. The van der Waals surface area contributed by atoms with Gasteiger partial charge in [-0.25, -0.2) is 0 Å². The van der Waals surface area contributed by atoms with Crippen molar-refractivity contribution in [3.05, 3.63) is 65.2 Å². The van der Waals surface area contributed by atoms with Gasteiger partial charge in [0.1, 0.15) is 0 Å². The van der Waals surface area contributed by atoms with E-state index in [0.29, 0.717) is 44.6 Å². The monoisotopic (exact) mass is 363 g/mol. The van der Waals surface area contributed by atoms with E-state index in [0.717, 1.165) is 16.8 Å². The maximum atomic E-state index is 12.8. The predicted octanol–water partition coefficient (Wildman–Crippen LogP) is 1.71. The highest BCUT2D eigenvalue weighted by Gasteiger charge is 2.26. The number of nitrogens with zero attached hydrogens (tertiary/aromatic N) is 2. The van der Waals surface area contributed by atoms with Gasteiger partial charge in [-0.15, -0.1) is 0 Å². The molecule has 6 heteroatoms. The van der Waals surface area contributed by atoms with Crippen molar-refractivity contribution in [1.29, 1.82) is 0 Å². The Morgan fingerprint density at radius 3 is 2.37 bits per heavy atom. The molecule has 0 bridgehead atoms. The van der Waals surface area contributed by atoms with E-state index in [1.54, 1.807) is 23.1 Å². The molecule has 0 unspecified atom stereocenters. The van der Waals surface area contributed by atoms with Crippen LogP contribution in [0.3, 0.4) is 0 Å². The maximum Gasteiger partial charge on any atom is 0.253 e. The number of anilines is 1. The number of amides is 3. The summed E-state index contributed by atoms with van der Waals surface area (Å²) < 4.78 is 0. The van der Waals surface area contributed by atoms with E-state index in [1.807, 2.05) is 35.2 Å². The molecule has 1 fully saturated rings. The summed E-state index contributed by atoms with van der Waals surface area (Å²) in [7, 11) is 0. The van der Waals surface area contributed by atoms with Crippen molar-refractivity contribution in [2.75, 3.05) is 31.5 Å². The van der Waals surface area contributed by atoms with Crippen molar-refractivity contribution in [3.8, 4) is 0 Å². The number of piperazine rings is 1. The third-order valence-electron chi connectivity index (χ3n) is 5.10. The van der Waals surface area contributed by atoms with Gasteiger partial charge in [0.15, 0.2) is 0 Å². The summed E-state index contributed by atoms with van der Waals surface area (Å²) in [4.78, 5) is 40.3. The third-order valence-corrected chi connectivity index (χ3v) is 5.10. The Hall–Kier alpha value is -3.15. The highest BCUT2D eigenvalue weighted by molar-refractivity contribution is 6.01. The summed E-state index contributed by atoms with van der Waals surface area (Å²) in [6, 6.07) is 15.0. The third kappa shape index (κ3) is 3.69. The van der Waals surface area contributed by atoms with E-state index in [1.165, 1.54) is 0 Å². The molecule has 2 aromatic carbocycles. The molecule has 4 rings (SSSR count). The zero-order valence-electron chi connectivity index (χ0n) is 15.0. The van der Waals surface area contributed by atoms with Crippen molar-refractivity contribution in [1.82, 2.24) is 9.80 Å². The van der Waals surface area contributed by atoms with Crippen molar-refractivity contribution in [2.24, 2.45) is 0 Å². The molecule has 138 valence electrons. The number of carbonyl (C=O) groups is 3. The van der Waals surface area contributed by atoms with Gasteiger partial charge >= 0.3 is 0 Å². The highest BCUT2D eigenvalue weighted by atomic mass is 16.2. The normalized spacial score (nSPS) is 16.1. The Bertz CT molecular complexity index is 887. The van der Waals surface area contributed by atoms with E-state index in [-0.39, 0.29) is 17.7 Å². The summed E-state index contributed by atoms with van der Waals surface area (Å²) in [5.41, 5.74) is 3.24. The number of hydrogen-bond acceptors (Lipinski definition) is 3. The topological polar surface area (TPSA) is 69.7 Å². The summed E-state index contributed by atoms with van der Waals surface area (Å²) in [5, 5.41) is 2.77. The molecule has 2 aromatic rings. The number of nitrogens with one attached hydrogen (secondary N) is 1. The Labute approximate surface area is 157 Å². The quantitative estimate of drug-likeness (QED) is 0.903. The molecule has 2 aliphatic heterocycles. The molecule has 2 aliphatic rings. The summed E-state index contributed by atoms with van der Waals surface area (Å²) in [6.07, 6.45) is 0.707. The molecule has 0 spiro atoms. The van der Waals surface area contributed by atoms with E-state index in [2.05, 4.69) is 5.32 Å². The van der Waals surface area contributed by atoms with Crippen LogP contribution in [-0.2, 0) is 22.4 Å². The van der Waals surface area contributed by atoms with E-state index < -0.39 is 0 Å². The maximum absolute atomic E-state index is 12.8. The van der Waals surface area contributed by atoms with Gasteiger partial charge in [-0.2, -0.15) is 0 Å². The van der Waals surface area contributed by atoms with Crippen LogP contribution in [0.1, 0.15) is 21.5 Å². The molecule has 0 atom stereocenters. The zero-order valence-corrected chi connectivity index (χ0v) is 15.0. The SMILES string of the molecule is O=C1Cc2cc(C(=O)N3CCN(C(=O)Cc4ccccc4)CC3)ccc2N1. The van der Waals surface area contributed by atoms with Gasteiger partial charge in [-0.05, 0) is 29.3 Å². The van der Waals surface area contributed by atoms with Crippen LogP contribution < -0.4 is 5.32 Å². The van der Waals surface area contributed by atoms with Crippen LogP contribution in [0.4, 0.5) is 5.69 Å². The number of rotatable bonds is 3. The molecule has 27 heavy (non-hydrogen) atoms. The van der Waals surface area contributed by atoms with Gasteiger partial charge in [0.2, 0.25) is 11.8 Å². The van der Waals surface area contributed by atoms with Crippen LogP contribution in [0.25, 0.3) is 0 Å². The van der Waals surface area contributed by atoms with Crippen LogP contribution >= 0.6 is 0 Å². The first kappa shape index (κ1) is 17.3. The summed E-state index contributed by atoms with van der Waals surface area (Å²) >= 11 is 0. The van der Waals surface area contributed by atoms with Crippen LogP contribution in [-0.4, -0.2) is 53.7 Å². The minimum Gasteiger partial charge on any atom is -0.339 e. The summed E-state index contributed by atoms with van der Waals surface area (Å²) in [6.45, 7) is 2.13. The first-order valence-electron chi connectivity index (χ1n) is 9.14. The molecule has 0 saturated carbocycles. The van der Waals surface area contributed by atoms with Gasteiger partial charge in [-0.1, -0.05) is 30.3 Å². The van der Waals surface area contributed by atoms with E-state index >= 15 is 0 Å². The largest absolute Gasteiger partial charge is 0.339 e. The smallest absolute Gasteiger partial charge is 0.253 e. The summed E-state index contributed by atoms with van der Waals surface area (Å²) in [5.74, 6) is 0.00265. The fourth-order valence-corrected chi connectivity index (χ4v) is 3.59. The van der Waals surface area contributed by atoms with Crippen LogP contribution in [0.15, 0.2) is 48.5 Å². The molecule has 6 nitrogen and oxygen atoms in total. The lowest BCUT2D eigenvalue weighted by molar-refractivity contribution is -0.131. The lowest BCUT2D eigenvalue weighted by Crippen LogP contribution is -2.51. The molecule has 3 amide bonds. The second-order valence-electron chi connectivity index (χ2n) is 6.93. The van der Waals surface area contributed by atoms with Crippen molar-refractivity contribution in [2.45, 2.75) is 12.8 Å². The molecule has 0 aromatic heterocycles. The second kappa shape index (κ2) is 7.23. The van der Waals surface area contributed by atoms with Crippen molar-refractivity contribution < 1.29 is 14.4 Å². The van der Waals surface area contributed by atoms with Gasteiger partial charge < -0.3 is 15.1 Å². The lowest BCUT2D eigenvalue weighted by Gasteiger charge is -2.35. The molecule has 2 heterocycles. The highest BCUT2D eigenvalue weighted by Crippen LogP contribution is 2.24. The first-order valence-corrected chi connectivity index (χ1v) is 9.14. The lowest BCUT2D eigenvalue weighted by atomic mass is 10.1. The molecular weight excluding hydrogens is 342 g/mol. The van der Waals surface area contributed by atoms with Gasteiger partial charge in [0.25, 0.3) is 5.91 Å². The minimum atomic E-state index is -0.0488. The number of hydrogen-bond donors (Lipinski definition) is 1. The van der Waals surface area contributed by atoms with E-state index in [9.17, 15) is 14.4 Å². The Morgan fingerprint density at radius 1 is 0.926 bits per heavy atom. The number of benzene rings is 2. The van der Waals surface area contributed by atoms with Crippen LogP contribution in [0.5, 0.6) is 0 Å². The Balaban J connectivity index is 1.35. The van der Waals surface area contributed by atoms with Crippen LogP contribution in [0, 0.1) is 0 Å². The first-order chi connectivity index (χ1) is 13.1. The second-order valence-corrected chi connectivity index (χ2v) is 6.93. The number of fused-ring (bicyclic) bond motifs is 1.